The molecule has 0 aromatic carbocycles. The highest BCUT2D eigenvalue weighted by atomic mass is 32.2. The van der Waals surface area contributed by atoms with Crippen molar-refractivity contribution in [3.63, 3.8) is 0 Å². The lowest BCUT2D eigenvalue weighted by Crippen LogP contribution is -2.15. The van der Waals surface area contributed by atoms with E-state index in [-0.39, 0.29) is 17.0 Å². The molecular formula is C11H13NO3S. The van der Waals surface area contributed by atoms with Crippen molar-refractivity contribution < 1.29 is 15.0 Å². The van der Waals surface area contributed by atoms with E-state index in [2.05, 4.69) is 4.98 Å². The summed E-state index contributed by atoms with van der Waals surface area (Å²) < 4.78 is 0. The number of pyridine rings is 1. The third kappa shape index (κ3) is 2.54. The van der Waals surface area contributed by atoms with E-state index in [4.69, 9.17) is 5.11 Å². The average molecular weight is 239 g/mol. The van der Waals surface area contributed by atoms with E-state index in [1.165, 1.54) is 18.0 Å². The molecular weight excluding hydrogens is 226 g/mol. The number of carbonyl (C=O) groups is 1. The monoisotopic (exact) mass is 239 g/mol. The lowest BCUT2D eigenvalue weighted by molar-refractivity contribution is 0.0690. The summed E-state index contributed by atoms with van der Waals surface area (Å²) in [7, 11) is 0. The molecule has 0 aliphatic heterocycles. The molecule has 2 N–H and O–H groups in total. The Morgan fingerprint density at radius 3 is 2.94 bits per heavy atom. The van der Waals surface area contributed by atoms with Crippen molar-refractivity contribution in [1.82, 2.24) is 4.98 Å². The lowest BCUT2D eigenvalue weighted by atomic mass is 10.3. The minimum atomic E-state index is -1.02. The van der Waals surface area contributed by atoms with Crippen LogP contribution in [0.3, 0.4) is 0 Å². The molecule has 4 nitrogen and oxygen atoms in total. The first kappa shape index (κ1) is 11.4. The van der Waals surface area contributed by atoms with Gasteiger partial charge in [-0.05, 0) is 31.4 Å². The molecule has 0 amide bonds. The molecule has 2 rings (SSSR count). The van der Waals surface area contributed by atoms with E-state index in [0.29, 0.717) is 0 Å². The second kappa shape index (κ2) is 4.84. The second-order valence-electron chi connectivity index (χ2n) is 3.84. The minimum absolute atomic E-state index is 0.0532. The summed E-state index contributed by atoms with van der Waals surface area (Å²) in [5.74, 6) is -1.02. The Morgan fingerprint density at radius 2 is 2.31 bits per heavy atom. The highest BCUT2D eigenvalue weighted by Crippen LogP contribution is 2.34. The van der Waals surface area contributed by atoms with Crippen molar-refractivity contribution in [3.05, 3.63) is 24.0 Å². The van der Waals surface area contributed by atoms with Crippen molar-refractivity contribution in [1.29, 1.82) is 0 Å². The van der Waals surface area contributed by atoms with Crippen LogP contribution in [-0.2, 0) is 0 Å². The van der Waals surface area contributed by atoms with Gasteiger partial charge in [-0.25, -0.2) is 9.78 Å². The SMILES string of the molecule is O=C(O)c1cc(SC2CCCC2O)ccn1. The molecule has 1 aromatic rings. The summed E-state index contributed by atoms with van der Waals surface area (Å²) in [5, 5.41) is 18.7. The van der Waals surface area contributed by atoms with Crippen molar-refractivity contribution in [3.8, 4) is 0 Å². The predicted octanol–water partition coefficient (Wildman–Crippen LogP) is 1.79. The number of aliphatic hydroxyl groups is 1. The molecule has 0 saturated heterocycles. The number of thioether (sulfide) groups is 1. The fourth-order valence-corrected chi connectivity index (χ4v) is 3.07. The molecule has 2 unspecified atom stereocenters. The van der Waals surface area contributed by atoms with Crippen LogP contribution in [0.5, 0.6) is 0 Å². The highest BCUT2D eigenvalue weighted by molar-refractivity contribution is 8.00. The van der Waals surface area contributed by atoms with Gasteiger partial charge in [0.15, 0.2) is 0 Å². The summed E-state index contributed by atoms with van der Waals surface area (Å²) in [6.07, 6.45) is 4.08. The molecule has 2 atom stereocenters. The number of carboxylic acids is 1. The Hall–Kier alpha value is -1.07. The minimum Gasteiger partial charge on any atom is -0.477 e. The van der Waals surface area contributed by atoms with Gasteiger partial charge in [-0.2, -0.15) is 0 Å². The zero-order chi connectivity index (χ0) is 11.5. The van der Waals surface area contributed by atoms with Gasteiger partial charge in [0.2, 0.25) is 0 Å². The van der Waals surface area contributed by atoms with E-state index < -0.39 is 5.97 Å². The van der Waals surface area contributed by atoms with Gasteiger partial charge in [0.1, 0.15) is 5.69 Å². The van der Waals surface area contributed by atoms with Gasteiger partial charge in [0.05, 0.1) is 6.10 Å². The number of aliphatic hydroxyl groups excluding tert-OH is 1. The third-order valence-corrected chi connectivity index (χ3v) is 4.03. The maximum Gasteiger partial charge on any atom is 0.354 e. The Labute approximate surface area is 97.7 Å². The first-order valence-electron chi connectivity index (χ1n) is 5.21. The van der Waals surface area contributed by atoms with Crippen molar-refractivity contribution in [2.45, 2.75) is 35.5 Å². The Kier molecular flexibility index (Phi) is 3.46. The topological polar surface area (TPSA) is 70.4 Å². The van der Waals surface area contributed by atoms with Gasteiger partial charge in [-0.15, -0.1) is 11.8 Å². The average Bonchev–Trinajstić information content (AvgIpc) is 2.65. The van der Waals surface area contributed by atoms with Crippen LogP contribution in [0.4, 0.5) is 0 Å². The molecule has 1 aromatic heterocycles. The van der Waals surface area contributed by atoms with E-state index in [1.807, 2.05) is 0 Å². The lowest BCUT2D eigenvalue weighted by Gasteiger charge is -2.13. The van der Waals surface area contributed by atoms with Gasteiger partial charge >= 0.3 is 5.97 Å². The summed E-state index contributed by atoms with van der Waals surface area (Å²) >= 11 is 1.54. The van der Waals surface area contributed by atoms with Crippen LogP contribution in [0.2, 0.25) is 0 Å². The van der Waals surface area contributed by atoms with Crippen LogP contribution in [0, 0.1) is 0 Å². The molecule has 0 spiro atoms. The standard InChI is InChI=1S/C11H13NO3S/c13-9-2-1-3-10(9)16-7-4-5-12-8(6-7)11(14)15/h4-6,9-10,13H,1-3H2,(H,14,15). The number of aromatic nitrogens is 1. The number of aromatic carboxylic acids is 1. The zero-order valence-electron chi connectivity index (χ0n) is 8.67. The smallest absolute Gasteiger partial charge is 0.354 e. The molecule has 1 fully saturated rings. The summed E-state index contributed by atoms with van der Waals surface area (Å²) in [4.78, 5) is 15.4. The first-order chi connectivity index (χ1) is 7.66. The number of carboxylic acid groups (broad SMARTS) is 1. The van der Waals surface area contributed by atoms with Crippen LogP contribution in [0.15, 0.2) is 23.2 Å². The summed E-state index contributed by atoms with van der Waals surface area (Å²) in [6.45, 7) is 0. The first-order valence-corrected chi connectivity index (χ1v) is 6.09. The van der Waals surface area contributed by atoms with Crippen LogP contribution in [0.25, 0.3) is 0 Å². The number of rotatable bonds is 3. The van der Waals surface area contributed by atoms with Crippen LogP contribution < -0.4 is 0 Å². The zero-order valence-corrected chi connectivity index (χ0v) is 9.48. The third-order valence-electron chi connectivity index (χ3n) is 2.66. The molecule has 1 aliphatic carbocycles. The van der Waals surface area contributed by atoms with Gasteiger partial charge in [0.25, 0.3) is 0 Å². The van der Waals surface area contributed by atoms with Crippen LogP contribution in [0.1, 0.15) is 29.8 Å². The van der Waals surface area contributed by atoms with Crippen molar-refractivity contribution in [2.24, 2.45) is 0 Å². The van der Waals surface area contributed by atoms with Gasteiger partial charge in [-0.1, -0.05) is 0 Å². The molecule has 0 bridgehead atoms. The van der Waals surface area contributed by atoms with Crippen molar-refractivity contribution >= 4 is 17.7 Å². The van der Waals surface area contributed by atoms with Gasteiger partial charge in [-0.3, -0.25) is 0 Å². The fourth-order valence-electron chi connectivity index (χ4n) is 1.82. The van der Waals surface area contributed by atoms with E-state index in [0.717, 1.165) is 24.2 Å². The molecule has 16 heavy (non-hydrogen) atoms. The maximum atomic E-state index is 10.7. The summed E-state index contributed by atoms with van der Waals surface area (Å²) in [5.41, 5.74) is 0.0532. The van der Waals surface area contributed by atoms with Crippen LogP contribution >= 0.6 is 11.8 Å². The number of hydrogen-bond donors (Lipinski definition) is 2. The van der Waals surface area contributed by atoms with Crippen LogP contribution in [-0.4, -0.2) is 32.5 Å². The highest BCUT2D eigenvalue weighted by Gasteiger charge is 2.26. The molecule has 0 radical (unpaired) electrons. The Morgan fingerprint density at radius 1 is 1.50 bits per heavy atom. The number of nitrogens with zero attached hydrogens (tertiary/aromatic N) is 1. The van der Waals surface area contributed by atoms with Gasteiger partial charge < -0.3 is 10.2 Å². The molecule has 1 saturated carbocycles. The Balaban J connectivity index is 2.09. The maximum absolute atomic E-state index is 10.7. The predicted molar refractivity (Wildman–Crippen MR) is 60.7 cm³/mol. The number of hydrogen-bond acceptors (Lipinski definition) is 4. The molecule has 5 heteroatoms. The Bertz CT molecular complexity index is 397. The molecule has 1 heterocycles. The van der Waals surface area contributed by atoms with E-state index in [9.17, 15) is 9.90 Å². The largest absolute Gasteiger partial charge is 0.477 e. The van der Waals surface area contributed by atoms with E-state index >= 15 is 0 Å². The quantitative estimate of drug-likeness (QED) is 0.841. The summed E-state index contributed by atoms with van der Waals surface area (Å²) in [6, 6.07) is 3.33. The van der Waals surface area contributed by atoms with Crippen molar-refractivity contribution in [2.75, 3.05) is 0 Å². The van der Waals surface area contributed by atoms with Gasteiger partial charge in [0, 0.05) is 16.3 Å². The molecule has 1 aliphatic rings. The molecule has 86 valence electrons. The normalized spacial score (nSPS) is 24.6. The fraction of sp³-hybridized carbons (Fsp3) is 0.455. The second-order valence-corrected chi connectivity index (χ2v) is 5.15. The van der Waals surface area contributed by atoms with E-state index in [1.54, 1.807) is 12.1 Å².